The Morgan fingerprint density at radius 2 is 1.49 bits per heavy atom. The Morgan fingerprint density at radius 1 is 0.897 bits per heavy atom. The lowest BCUT2D eigenvalue weighted by molar-refractivity contribution is 0.205. The third-order valence-corrected chi connectivity index (χ3v) is 7.18. The van der Waals surface area contributed by atoms with Gasteiger partial charge in [-0.25, -0.2) is 13.8 Å². The van der Waals surface area contributed by atoms with Crippen molar-refractivity contribution in [3.8, 4) is 17.6 Å². The number of piperazine rings is 1. The summed E-state index contributed by atoms with van der Waals surface area (Å²) in [6.45, 7) is 2.20. The molecule has 2 aromatic heterocycles. The van der Waals surface area contributed by atoms with Crippen LogP contribution in [-0.2, 0) is 7.05 Å². The minimum Gasteiger partial charge on any atom is -0.496 e. The summed E-state index contributed by atoms with van der Waals surface area (Å²) >= 11 is 0. The second-order valence-corrected chi connectivity index (χ2v) is 9.30. The normalized spacial score (nSPS) is 14.0. The van der Waals surface area contributed by atoms with Crippen molar-refractivity contribution in [1.29, 1.82) is 5.26 Å². The van der Waals surface area contributed by atoms with Crippen LogP contribution in [0.25, 0.3) is 11.0 Å². The summed E-state index contributed by atoms with van der Waals surface area (Å²) in [6.07, 6.45) is 0. The molecular weight excluding hydrogens is 504 g/mol. The number of methoxy groups -OCH3 is 2. The maximum absolute atomic E-state index is 14.1. The average Bonchev–Trinajstić information content (AvgIpc) is 2.96. The van der Waals surface area contributed by atoms with Gasteiger partial charge >= 0.3 is 0 Å². The van der Waals surface area contributed by atoms with Crippen molar-refractivity contribution < 1.29 is 18.3 Å². The number of nitrogens with zero attached hydrogens (tertiary/aromatic N) is 5. The molecule has 1 aliphatic rings. The van der Waals surface area contributed by atoms with E-state index in [0.29, 0.717) is 54.4 Å². The third-order valence-electron chi connectivity index (χ3n) is 7.18. The van der Waals surface area contributed by atoms with Crippen LogP contribution in [0.4, 0.5) is 14.5 Å². The van der Waals surface area contributed by atoms with Gasteiger partial charge in [0.25, 0.3) is 5.56 Å². The van der Waals surface area contributed by atoms with Crippen molar-refractivity contribution in [3.63, 3.8) is 0 Å². The second kappa shape index (κ2) is 10.7. The van der Waals surface area contributed by atoms with E-state index in [9.17, 15) is 18.8 Å². The molecule has 0 aliphatic carbocycles. The Morgan fingerprint density at radius 3 is 2.03 bits per heavy atom. The smallest absolute Gasteiger partial charge is 0.252 e. The van der Waals surface area contributed by atoms with Gasteiger partial charge in [0.05, 0.1) is 31.5 Å². The molecule has 0 amide bonds. The fourth-order valence-electron chi connectivity index (χ4n) is 5.22. The van der Waals surface area contributed by atoms with Crippen molar-refractivity contribution in [3.05, 3.63) is 93.4 Å². The summed E-state index contributed by atoms with van der Waals surface area (Å²) in [5.74, 6) is -0.0989. The first kappa shape index (κ1) is 26.1. The topological polar surface area (TPSA) is 83.6 Å². The fourth-order valence-corrected chi connectivity index (χ4v) is 5.22. The standard InChI is InChI=1S/C29H27F2N5O3/c1-34-23-9-6-20(17-32)33-28(23)24(16-27(34)37)35-10-12-36(13-11-35)29(21-7-4-18(30)14-25(21)38-2)22-8-5-19(31)15-26(22)39-3/h4-9,14-16,29H,10-13H2,1-3H3. The molecule has 10 heteroatoms. The van der Waals surface area contributed by atoms with Crippen LogP contribution in [0.15, 0.2) is 59.4 Å². The highest BCUT2D eigenvalue weighted by molar-refractivity contribution is 5.88. The van der Waals surface area contributed by atoms with Crippen LogP contribution in [0.1, 0.15) is 22.9 Å². The molecule has 1 aliphatic heterocycles. The minimum atomic E-state index is -0.424. The summed E-state index contributed by atoms with van der Waals surface area (Å²) in [7, 11) is 4.65. The van der Waals surface area contributed by atoms with Crippen molar-refractivity contribution in [2.45, 2.75) is 6.04 Å². The highest BCUT2D eigenvalue weighted by Crippen LogP contribution is 2.40. The van der Waals surface area contributed by atoms with Crippen LogP contribution < -0.4 is 19.9 Å². The number of hydrogen-bond donors (Lipinski definition) is 0. The lowest BCUT2D eigenvalue weighted by Crippen LogP contribution is -2.48. The molecule has 0 saturated carbocycles. The molecule has 0 unspecified atom stereocenters. The number of fused-ring (bicyclic) bond motifs is 1. The Kier molecular flexibility index (Phi) is 7.17. The summed E-state index contributed by atoms with van der Waals surface area (Å²) in [5.41, 5.74) is 3.43. The SMILES string of the molecule is COc1cc(F)ccc1C(c1ccc(F)cc1OC)N1CCN(c2cc(=O)n(C)c3ccc(C#N)nc23)CC1. The molecule has 5 rings (SSSR count). The highest BCUT2D eigenvalue weighted by atomic mass is 19.1. The number of hydrogen-bond acceptors (Lipinski definition) is 7. The quantitative estimate of drug-likeness (QED) is 0.372. The van der Waals surface area contributed by atoms with Gasteiger partial charge in [-0.1, -0.05) is 12.1 Å². The monoisotopic (exact) mass is 531 g/mol. The van der Waals surface area contributed by atoms with E-state index in [4.69, 9.17) is 9.47 Å². The van der Waals surface area contributed by atoms with Gasteiger partial charge in [-0.3, -0.25) is 9.69 Å². The summed E-state index contributed by atoms with van der Waals surface area (Å²) in [5, 5.41) is 9.39. The van der Waals surface area contributed by atoms with Gasteiger partial charge in [0.2, 0.25) is 0 Å². The molecule has 39 heavy (non-hydrogen) atoms. The second-order valence-electron chi connectivity index (χ2n) is 9.30. The first-order valence-electron chi connectivity index (χ1n) is 12.4. The Labute approximate surface area is 224 Å². The number of ether oxygens (including phenoxy) is 2. The van der Waals surface area contributed by atoms with Gasteiger partial charge < -0.3 is 18.9 Å². The van der Waals surface area contributed by atoms with Gasteiger partial charge in [0, 0.05) is 62.6 Å². The zero-order valence-electron chi connectivity index (χ0n) is 21.8. The molecule has 3 heterocycles. The Bertz CT molecular complexity index is 1590. The van der Waals surface area contributed by atoms with Gasteiger partial charge in [0.15, 0.2) is 0 Å². The van der Waals surface area contributed by atoms with Crippen LogP contribution in [0.5, 0.6) is 11.5 Å². The van der Waals surface area contributed by atoms with Gasteiger partial charge in [0.1, 0.15) is 40.4 Å². The largest absolute Gasteiger partial charge is 0.496 e. The third kappa shape index (κ3) is 4.89. The molecule has 0 atom stereocenters. The molecular formula is C29H27F2N5O3. The number of pyridine rings is 2. The van der Waals surface area contributed by atoms with Crippen LogP contribution >= 0.6 is 0 Å². The molecule has 4 aromatic rings. The molecule has 0 spiro atoms. The molecule has 8 nitrogen and oxygen atoms in total. The van der Waals surface area contributed by atoms with Crippen LogP contribution in [0, 0.1) is 23.0 Å². The van der Waals surface area contributed by atoms with Crippen LogP contribution in [-0.4, -0.2) is 54.8 Å². The first-order valence-corrected chi connectivity index (χ1v) is 12.4. The summed E-state index contributed by atoms with van der Waals surface area (Å²) in [4.78, 5) is 21.5. The van der Waals surface area contributed by atoms with Crippen molar-refractivity contribution in [2.75, 3.05) is 45.3 Å². The van der Waals surface area contributed by atoms with Crippen molar-refractivity contribution in [1.82, 2.24) is 14.5 Å². The van der Waals surface area contributed by atoms with E-state index in [-0.39, 0.29) is 11.3 Å². The molecule has 1 fully saturated rings. The predicted molar refractivity (Wildman–Crippen MR) is 143 cm³/mol. The minimum absolute atomic E-state index is 0.170. The number of aryl methyl sites for hydroxylation is 1. The predicted octanol–water partition coefficient (Wildman–Crippen LogP) is 4.01. The number of nitriles is 1. The van der Waals surface area contributed by atoms with E-state index in [1.165, 1.54) is 43.1 Å². The fraction of sp³-hybridized carbons (Fsp3) is 0.276. The zero-order valence-corrected chi connectivity index (χ0v) is 21.8. The van der Waals surface area contributed by atoms with E-state index in [2.05, 4.69) is 20.9 Å². The average molecular weight is 532 g/mol. The first-order chi connectivity index (χ1) is 18.8. The molecule has 0 radical (unpaired) electrons. The summed E-state index contributed by atoms with van der Waals surface area (Å²) in [6, 6.07) is 15.3. The van der Waals surface area contributed by atoms with Crippen LogP contribution in [0.2, 0.25) is 0 Å². The number of halogens is 2. The highest BCUT2D eigenvalue weighted by Gasteiger charge is 2.32. The van der Waals surface area contributed by atoms with E-state index in [1.54, 1.807) is 37.4 Å². The lowest BCUT2D eigenvalue weighted by Gasteiger charge is -2.41. The van der Waals surface area contributed by atoms with Gasteiger partial charge in [-0.15, -0.1) is 0 Å². The number of benzene rings is 2. The summed E-state index contributed by atoms with van der Waals surface area (Å²) < 4.78 is 40.8. The van der Waals surface area contributed by atoms with Gasteiger partial charge in [-0.2, -0.15) is 5.26 Å². The molecule has 200 valence electrons. The Hall–Kier alpha value is -4.49. The van der Waals surface area contributed by atoms with Crippen molar-refractivity contribution >= 4 is 16.7 Å². The van der Waals surface area contributed by atoms with Gasteiger partial charge in [-0.05, 0) is 24.3 Å². The number of anilines is 1. The van der Waals surface area contributed by atoms with Crippen molar-refractivity contribution in [2.24, 2.45) is 7.05 Å². The van der Waals surface area contributed by atoms with Crippen LogP contribution in [0.3, 0.4) is 0 Å². The van der Waals surface area contributed by atoms with E-state index < -0.39 is 17.7 Å². The maximum atomic E-state index is 14.1. The zero-order chi connectivity index (χ0) is 27.7. The number of rotatable bonds is 6. The lowest BCUT2D eigenvalue weighted by atomic mass is 9.94. The van der Waals surface area contributed by atoms with E-state index in [0.717, 1.165) is 11.1 Å². The maximum Gasteiger partial charge on any atom is 0.252 e. The van der Waals surface area contributed by atoms with E-state index >= 15 is 0 Å². The number of aromatic nitrogens is 2. The molecule has 1 saturated heterocycles. The van der Waals surface area contributed by atoms with E-state index in [1.807, 2.05) is 0 Å². The molecule has 0 N–H and O–H groups in total. The Balaban J connectivity index is 1.53. The molecule has 2 aromatic carbocycles. The molecule has 0 bridgehead atoms.